The number of carbonyl (C=O) groups excluding carboxylic acids is 2. The number of ether oxygens (including phenoxy) is 3. The van der Waals surface area contributed by atoms with Crippen LogP contribution in [0.5, 0.6) is 11.5 Å². The van der Waals surface area contributed by atoms with E-state index in [0.717, 1.165) is 24.8 Å². The summed E-state index contributed by atoms with van der Waals surface area (Å²) in [5.74, 6) is 0.177. The average molecular weight is 758 g/mol. The molecule has 0 aliphatic carbocycles. The highest BCUT2D eigenvalue weighted by atomic mass is 33.1. The van der Waals surface area contributed by atoms with Crippen LogP contribution in [0, 0.1) is 34.7 Å². The van der Waals surface area contributed by atoms with Crippen LogP contribution in [0.3, 0.4) is 0 Å². The molecule has 52 heavy (non-hydrogen) atoms. The molecular weight excluding hydrogens is 691 g/mol. The normalized spacial score (nSPS) is 15.8. The fraction of sp³-hybridized carbons (Fsp3) is 0.738. The first-order valence-corrected chi connectivity index (χ1v) is 21.4. The third kappa shape index (κ3) is 17.9. The molecule has 0 N–H and O–H groups in total. The van der Waals surface area contributed by atoms with Gasteiger partial charge in [0, 0.05) is 31.9 Å². The van der Waals surface area contributed by atoms with Crippen LogP contribution in [0.25, 0.3) is 4.85 Å². The smallest absolute Gasteiger partial charge is 0.322 e. The van der Waals surface area contributed by atoms with Gasteiger partial charge in [0.15, 0.2) is 11.5 Å². The summed E-state index contributed by atoms with van der Waals surface area (Å²) in [6, 6.07) is 7.28. The lowest BCUT2D eigenvalue weighted by molar-refractivity contribution is -0.147. The summed E-state index contributed by atoms with van der Waals surface area (Å²) in [7, 11) is 6.26. The number of nitriles is 1. The van der Waals surface area contributed by atoms with Crippen LogP contribution in [0.15, 0.2) is 23.2 Å². The van der Waals surface area contributed by atoms with E-state index in [1.807, 2.05) is 47.6 Å². The van der Waals surface area contributed by atoms with E-state index in [0.29, 0.717) is 43.8 Å². The number of hydrogen-bond donors (Lipinski definition) is 0. The molecule has 0 aromatic heterocycles. The van der Waals surface area contributed by atoms with Crippen molar-refractivity contribution in [1.29, 1.82) is 5.26 Å². The minimum Gasteiger partial charge on any atom is -0.493 e. The molecule has 0 radical (unpaired) electrons. The van der Waals surface area contributed by atoms with Crippen LogP contribution in [-0.4, -0.2) is 55.0 Å². The second kappa shape index (κ2) is 24.6. The van der Waals surface area contributed by atoms with E-state index in [-0.39, 0.29) is 23.2 Å². The molecule has 10 heteroatoms. The van der Waals surface area contributed by atoms with E-state index >= 15 is 0 Å². The lowest BCUT2D eigenvalue weighted by Gasteiger charge is -2.33. The van der Waals surface area contributed by atoms with Gasteiger partial charge in [0.1, 0.15) is 4.75 Å². The molecule has 1 aromatic carbocycles. The molecule has 0 fully saturated rings. The summed E-state index contributed by atoms with van der Waals surface area (Å²) < 4.78 is 16.5. The van der Waals surface area contributed by atoms with Gasteiger partial charge in [0.05, 0.1) is 30.6 Å². The van der Waals surface area contributed by atoms with Gasteiger partial charge >= 0.3 is 11.9 Å². The third-order valence-electron chi connectivity index (χ3n) is 9.32. The molecule has 0 spiro atoms. The molecule has 0 aliphatic heterocycles. The predicted octanol–water partition coefficient (Wildman–Crippen LogP) is 11.7. The Labute approximate surface area is 324 Å². The fourth-order valence-corrected chi connectivity index (χ4v) is 9.77. The quantitative estimate of drug-likeness (QED) is 0.0218. The summed E-state index contributed by atoms with van der Waals surface area (Å²) in [4.78, 5) is 35.4. The van der Waals surface area contributed by atoms with E-state index in [4.69, 9.17) is 20.8 Å². The largest absolute Gasteiger partial charge is 0.493 e. The highest BCUT2D eigenvalue weighted by molar-refractivity contribution is 8.77. The number of nitrogens with zero attached hydrogens (tertiary/aromatic N) is 3. The molecule has 8 nitrogen and oxygen atoms in total. The minimum atomic E-state index is -0.970. The lowest BCUT2D eigenvalue weighted by Crippen LogP contribution is -2.37. The van der Waals surface area contributed by atoms with Crippen molar-refractivity contribution < 1.29 is 23.8 Å². The Bertz CT molecular complexity index is 1340. The van der Waals surface area contributed by atoms with Crippen LogP contribution in [0.2, 0.25) is 0 Å². The van der Waals surface area contributed by atoms with Gasteiger partial charge in [-0.25, -0.2) is 6.57 Å². The van der Waals surface area contributed by atoms with Crippen molar-refractivity contribution in [3.05, 3.63) is 35.2 Å². The molecule has 0 amide bonds. The molecule has 0 saturated carbocycles. The zero-order valence-electron chi connectivity index (χ0n) is 33.8. The molecule has 0 bridgehead atoms. The first-order valence-electron chi connectivity index (χ1n) is 19.2. The number of benzene rings is 1. The van der Waals surface area contributed by atoms with E-state index in [2.05, 4.69) is 29.8 Å². The summed E-state index contributed by atoms with van der Waals surface area (Å²) in [6.45, 7) is 23.9. The topological polar surface area (TPSA) is 102 Å². The van der Waals surface area contributed by atoms with Crippen molar-refractivity contribution in [2.75, 3.05) is 20.8 Å². The van der Waals surface area contributed by atoms with Crippen molar-refractivity contribution in [3.8, 4) is 17.6 Å². The van der Waals surface area contributed by atoms with Gasteiger partial charge in [-0.3, -0.25) is 14.6 Å². The number of unbranched alkanes of at least 4 members (excludes halogenated alkanes) is 9. The molecule has 292 valence electrons. The zero-order chi connectivity index (χ0) is 39.2. The van der Waals surface area contributed by atoms with Gasteiger partial charge < -0.3 is 19.1 Å². The van der Waals surface area contributed by atoms with Crippen molar-refractivity contribution in [2.45, 2.75) is 161 Å². The Morgan fingerprint density at radius 2 is 1.54 bits per heavy atom. The summed E-state index contributed by atoms with van der Waals surface area (Å²) in [5, 5.41) is 9.60. The van der Waals surface area contributed by atoms with Crippen LogP contribution in [0.4, 0.5) is 0 Å². The van der Waals surface area contributed by atoms with E-state index < -0.39 is 21.5 Å². The van der Waals surface area contributed by atoms with E-state index in [1.165, 1.54) is 62.8 Å². The highest BCUT2D eigenvalue weighted by Crippen LogP contribution is 2.47. The highest BCUT2D eigenvalue weighted by Gasteiger charge is 2.43. The average Bonchev–Trinajstić information content (AvgIpc) is 3.09. The number of hydrogen-bond acceptors (Lipinski definition) is 9. The number of aliphatic imine (C=N–C) groups is 1. The second-order valence-electron chi connectivity index (χ2n) is 15.7. The Hall–Kier alpha value is -2.69. The van der Waals surface area contributed by atoms with Crippen LogP contribution < -0.4 is 9.47 Å². The van der Waals surface area contributed by atoms with Gasteiger partial charge in [-0.2, -0.15) is 5.26 Å². The summed E-state index contributed by atoms with van der Waals surface area (Å²) >= 11 is 0. The maximum absolute atomic E-state index is 13.9. The Kier molecular flexibility index (Phi) is 22.4. The summed E-state index contributed by atoms with van der Waals surface area (Å²) in [5.41, 5.74) is -0.650. The van der Waals surface area contributed by atoms with E-state index in [9.17, 15) is 14.9 Å². The Morgan fingerprint density at radius 3 is 2.10 bits per heavy atom. The lowest BCUT2D eigenvalue weighted by atomic mass is 9.80. The molecule has 5 atom stereocenters. The van der Waals surface area contributed by atoms with Crippen LogP contribution in [0.1, 0.15) is 151 Å². The van der Waals surface area contributed by atoms with Crippen molar-refractivity contribution in [1.82, 2.24) is 0 Å². The molecule has 1 rings (SSSR count). The van der Waals surface area contributed by atoms with Crippen LogP contribution in [-0.2, 0) is 14.3 Å². The van der Waals surface area contributed by atoms with Gasteiger partial charge in [-0.15, -0.1) is 0 Å². The van der Waals surface area contributed by atoms with Gasteiger partial charge in [0.25, 0.3) is 0 Å². The Balaban J connectivity index is 3.02. The molecule has 0 aliphatic rings. The Morgan fingerprint density at radius 1 is 0.923 bits per heavy atom. The standard InChI is InChI=1S/C42H67N3O5S2/c1-12-13-14-15-16-17-18-19-20-21-24-49-39(47)42(8,27-32(2)26-40(5,6)31-43)52-51-34(4)29-41(7,28-33(3)45-10)38(46)50-36-23-22-35(30-44-9)25-37(36)48-11/h22-23,25,30,32-34H,12-21,24,26-29H2,1-9,11H3. The maximum atomic E-state index is 13.9. The monoisotopic (exact) mass is 757 g/mol. The molecular formula is C42H67N3O5S2. The molecule has 5 unspecified atom stereocenters. The number of esters is 2. The maximum Gasteiger partial charge on any atom is 0.322 e. The number of methoxy groups -OCH3 is 1. The van der Waals surface area contributed by atoms with Crippen molar-refractivity contribution in [3.63, 3.8) is 0 Å². The molecule has 1 aromatic rings. The number of carbonyl (C=O) groups is 2. The first-order chi connectivity index (χ1) is 24.6. The van der Waals surface area contributed by atoms with Gasteiger partial charge in [-0.05, 0) is 83.1 Å². The van der Waals surface area contributed by atoms with Crippen LogP contribution >= 0.6 is 21.6 Å². The molecule has 0 saturated heterocycles. The predicted molar refractivity (Wildman–Crippen MR) is 219 cm³/mol. The van der Waals surface area contributed by atoms with Gasteiger partial charge in [0.2, 0.25) is 6.04 Å². The summed E-state index contributed by atoms with van der Waals surface area (Å²) in [6.07, 6.45) is 15.8. The fourth-order valence-electron chi connectivity index (χ4n) is 6.74. The van der Waals surface area contributed by atoms with Gasteiger partial charge in [-0.1, -0.05) is 100 Å². The number of rotatable bonds is 27. The first kappa shape index (κ1) is 47.3. The molecule has 0 heterocycles. The van der Waals surface area contributed by atoms with Crippen molar-refractivity contribution >= 4 is 39.7 Å². The van der Waals surface area contributed by atoms with Crippen molar-refractivity contribution in [2.24, 2.45) is 21.7 Å². The minimum absolute atomic E-state index is 0.0644. The van der Waals surface area contributed by atoms with E-state index in [1.54, 1.807) is 36.2 Å². The second-order valence-corrected chi connectivity index (χ2v) is 18.8. The zero-order valence-corrected chi connectivity index (χ0v) is 35.5. The third-order valence-corrected chi connectivity index (χ3v) is 13.0. The SMILES string of the molecule is [C-]#[N+]C(C)CC(C)(CC(C)SSC(C)(CC(C)CC(C)(C)C#N)C(=O)OCCCCCCCCCCCC)C(=O)Oc1ccc(C=NC)cc1OC.